The van der Waals surface area contributed by atoms with E-state index in [1.165, 1.54) is 7.11 Å². The lowest BCUT2D eigenvalue weighted by molar-refractivity contribution is -0.215. The van der Waals surface area contributed by atoms with E-state index in [0.29, 0.717) is 0 Å². The highest BCUT2D eigenvalue weighted by atomic mass is 32.1. The number of methoxy groups -OCH3 is 1. The van der Waals surface area contributed by atoms with Gasteiger partial charge in [0.25, 0.3) is 0 Å². The number of aliphatic hydroxyl groups excluding tert-OH is 1. The van der Waals surface area contributed by atoms with Crippen LogP contribution < -0.4 is 31.9 Å². The maximum atomic E-state index is 12.1. The number of imide groups is 2. The molecule has 2 rings (SSSR count). The Balaban J connectivity index is 1.52. The Morgan fingerprint density at radius 2 is 1.57 bits per heavy atom. The molecule has 0 aromatic rings. The summed E-state index contributed by atoms with van der Waals surface area (Å²) in [7, 11) is 1.44. The van der Waals surface area contributed by atoms with Gasteiger partial charge in [0.05, 0.1) is 37.0 Å². The summed E-state index contributed by atoms with van der Waals surface area (Å²) in [5.74, 6) is -3.86. The van der Waals surface area contributed by atoms with Crippen molar-refractivity contribution in [3.05, 3.63) is 0 Å². The molecule has 9 amide bonds. The Morgan fingerprint density at radius 3 is 2.18 bits per heavy atom. The fourth-order valence-corrected chi connectivity index (χ4v) is 4.48. The van der Waals surface area contributed by atoms with Gasteiger partial charge in [0, 0.05) is 45.9 Å². The summed E-state index contributed by atoms with van der Waals surface area (Å²) in [5, 5.41) is 23.3. The lowest BCUT2D eigenvalue weighted by atomic mass is 9.99. The van der Waals surface area contributed by atoms with E-state index < -0.39 is 90.9 Å². The Morgan fingerprint density at radius 1 is 0.932 bits per heavy atom. The van der Waals surface area contributed by atoms with E-state index in [1.54, 1.807) is 6.92 Å². The first kappa shape index (κ1) is 36.4. The largest absolute Gasteiger partial charge is 0.388 e. The molecular weight excluding hydrogens is 606 g/mol. The van der Waals surface area contributed by atoms with Crippen molar-refractivity contribution in [2.45, 2.75) is 68.8 Å². The van der Waals surface area contributed by atoms with Gasteiger partial charge in [-0.1, -0.05) is 0 Å². The van der Waals surface area contributed by atoms with Crippen LogP contribution in [0.1, 0.15) is 39.0 Å². The summed E-state index contributed by atoms with van der Waals surface area (Å²) in [4.78, 5) is 96.1. The van der Waals surface area contributed by atoms with E-state index in [4.69, 9.17) is 9.47 Å². The van der Waals surface area contributed by atoms with Crippen molar-refractivity contribution in [2.75, 3.05) is 39.8 Å². The molecule has 0 radical (unpaired) electrons. The van der Waals surface area contributed by atoms with Crippen molar-refractivity contribution in [3.63, 3.8) is 0 Å². The van der Waals surface area contributed by atoms with Gasteiger partial charge in [-0.15, -0.1) is 0 Å². The fraction of sp³-hybridized carbons (Fsp3) is 0.680. The molecule has 2 aliphatic rings. The number of rotatable bonds is 15. The molecule has 0 saturated carbocycles. The Hall–Kier alpha value is -3.81. The molecule has 0 spiro atoms. The SMILES string of the molecule is CO[C@H]1C[C@H](NC(=O)CNC(=O)CNC(=O)CNC(=O)NC(=O)CCNC(=O)CCCN2C(=O)CC(S)C2=O)[C@H](O)[C@H](C)O1. The number of nitrogens with zero attached hydrogens (tertiary/aromatic N) is 1. The van der Waals surface area contributed by atoms with Crippen LogP contribution in [0.3, 0.4) is 0 Å². The van der Waals surface area contributed by atoms with Crippen molar-refractivity contribution in [1.82, 2.24) is 36.8 Å². The molecule has 2 saturated heterocycles. The molecule has 5 atom stereocenters. The number of hydrogen-bond acceptors (Lipinski definition) is 12. The quantitative estimate of drug-likeness (QED) is 0.0630. The standard InChI is InChI=1S/C25H39N7O11S/c1-13-23(39)14(8-22(42-2)43-13)30-20(37)12-28-18(35)10-27-19(36)11-29-25(41)31-17(34)5-6-26-16(33)4-3-7-32-21(38)9-15(44)24(32)40/h13-15,22-23,39,44H,3-12H2,1-2H3,(H,26,33)(H,27,36)(H,28,35)(H,30,37)(H2,29,31,34,41)/t13-,14-,15?,22+,23+/m0/s1. The molecule has 2 aliphatic heterocycles. The van der Waals surface area contributed by atoms with E-state index in [0.717, 1.165) is 4.90 Å². The first-order chi connectivity index (χ1) is 20.8. The van der Waals surface area contributed by atoms with E-state index >= 15 is 0 Å². The van der Waals surface area contributed by atoms with Gasteiger partial charge in [-0.25, -0.2) is 4.79 Å². The van der Waals surface area contributed by atoms with Gasteiger partial charge in [-0.3, -0.25) is 43.8 Å². The molecule has 1 unspecified atom stereocenters. The zero-order valence-corrected chi connectivity index (χ0v) is 25.3. The van der Waals surface area contributed by atoms with Crippen LogP contribution in [0.5, 0.6) is 0 Å². The topological polar surface area (TPSA) is 251 Å². The predicted molar refractivity (Wildman–Crippen MR) is 152 cm³/mol. The number of carbonyl (C=O) groups excluding carboxylic acids is 8. The molecule has 0 bridgehead atoms. The second kappa shape index (κ2) is 18.1. The van der Waals surface area contributed by atoms with Gasteiger partial charge in [-0.05, 0) is 13.3 Å². The van der Waals surface area contributed by atoms with E-state index in [1.807, 2.05) is 5.32 Å². The summed E-state index contributed by atoms with van der Waals surface area (Å²) in [6.45, 7) is 0.196. The lowest BCUT2D eigenvalue weighted by Crippen LogP contribution is -2.56. The van der Waals surface area contributed by atoms with Crippen LogP contribution in [0.2, 0.25) is 0 Å². The minimum atomic E-state index is -0.972. The third-order valence-corrected chi connectivity index (χ3v) is 6.95. The Kier molecular flexibility index (Phi) is 15.0. The van der Waals surface area contributed by atoms with Crippen LogP contribution in [-0.4, -0.2) is 127 Å². The predicted octanol–water partition coefficient (Wildman–Crippen LogP) is -3.98. The molecule has 0 aromatic carbocycles. The van der Waals surface area contributed by atoms with Crippen LogP contribution in [0.25, 0.3) is 0 Å². The van der Waals surface area contributed by atoms with Crippen molar-refractivity contribution < 1.29 is 52.9 Å². The fourth-order valence-electron chi connectivity index (χ4n) is 4.18. The molecule has 44 heavy (non-hydrogen) atoms. The number of nitrogens with one attached hydrogen (secondary N) is 6. The summed E-state index contributed by atoms with van der Waals surface area (Å²) < 4.78 is 10.5. The number of likely N-dealkylation sites (tertiary alicyclic amines) is 1. The first-order valence-corrected chi connectivity index (χ1v) is 14.4. The van der Waals surface area contributed by atoms with Gasteiger partial charge in [0.2, 0.25) is 41.4 Å². The van der Waals surface area contributed by atoms with E-state index in [2.05, 4.69) is 39.2 Å². The summed E-state index contributed by atoms with van der Waals surface area (Å²) >= 11 is 4.02. The molecular formula is C25H39N7O11S. The molecule has 2 fully saturated rings. The Bertz CT molecular complexity index is 1110. The van der Waals surface area contributed by atoms with E-state index in [9.17, 15) is 43.5 Å². The van der Waals surface area contributed by atoms with Gasteiger partial charge in [0.15, 0.2) is 6.29 Å². The van der Waals surface area contributed by atoms with Crippen molar-refractivity contribution in [1.29, 1.82) is 0 Å². The van der Waals surface area contributed by atoms with Gasteiger partial charge in [-0.2, -0.15) is 12.6 Å². The minimum Gasteiger partial charge on any atom is -0.388 e. The average Bonchev–Trinajstić information content (AvgIpc) is 3.21. The van der Waals surface area contributed by atoms with Gasteiger partial charge in [0.1, 0.15) is 6.10 Å². The minimum absolute atomic E-state index is 0.0196. The zero-order chi connectivity index (χ0) is 32.8. The first-order valence-electron chi connectivity index (χ1n) is 13.9. The van der Waals surface area contributed by atoms with Crippen LogP contribution in [0, 0.1) is 0 Å². The third-order valence-electron chi connectivity index (χ3n) is 6.55. The number of urea groups is 1. The molecule has 7 N–H and O–H groups in total. The van der Waals surface area contributed by atoms with Crippen molar-refractivity contribution in [3.8, 4) is 0 Å². The number of hydrogen-bond donors (Lipinski definition) is 8. The molecule has 0 aromatic heterocycles. The highest BCUT2D eigenvalue weighted by molar-refractivity contribution is 7.81. The maximum absolute atomic E-state index is 12.1. The van der Waals surface area contributed by atoms with Crippen LogP contribution >= 0.6 is 12.6 Å². The second-order valence-corrected chi connectivity index (χ2v) is 10.6. The number of aliphatic hydroxyl groups is 1. The summed E-state index contributed by atoms with van der Waals surface area (Å²) in [6.07, 6.45) is -1.86. The highest BCUT2D eigenvalue weighted by Crippen LogP contribution is 2.20. The van der Waals surface area contributed by atoms with Crippen molar-refractivity contribution in [2.24, 2.45) is 0 Å². The van der Waals surface area contributed by atoms with Crippen molar-refractivity contribution >= 4 is 60.0 Å². The lowest BCUT2D eigenvalue weighted by Gasteiger charge is -2.37. The Labute approximate surface area is 258 Å². The summed E-state index contributed by atoms with van der Waals surface area (Å²) in [5.41, 5.74) is 0. The number of thiol groups is 1. The van der Waals surface area contributed by atoms with Crippen LogP contribution in [0.4, 0.5) is 4.79 Å². The normalized spacial score (nSPS) is 23.0. The molecule has 0 aliphatic carbocycles. The number of ether oxygens (including phenoxy) is 2. The van der Waals surface area contributed by atoms with E-state index in [-0.39, 0.29) is 51.1 Å². The van der Waals surface area contributed by atoms with Crippen LogP contribution in [0.15, 0.2) is 0 Å². The number of amides is 9. The number of carbonyl (C=O) groups is 8. The second-order valence-electron chi connectivity index (χ2n) is 10.00. The highest BCUT2D eigenvalue weighted by Gasteiger charge is 2.37. The van der Waals surface area contributed by atoms with Gasteiger partial charge >= 0.3 is 6.03 Å². The zero-order valence-electron chi connectivity index (χ0n) is 24.4. The maximum Gasteiger partial charge on any atom is 0.321 e. The molecule has 2 heterocycles. The smallest absolute Gasteiger partial charge is 0.321 e. The monoisotopic (exact) mass is 645 g/mol. The third kappa shape index (κ3) is 12.4. The average molecular weight is 646 g/mol. The molecule has 246 valence electrons. The molecule has 18 nitrogen and oxygen atoms in total. The van der Waals surface area contributed by atoms with Crippen LogP contribution in [-0.2, 0) is 43.0 Å². The molecule has 19 heteroatoms. The summed E-state index contributed by atoms with van der Waals surface area (Å²) in [6, 6.07) is -1.62. The van der Waals surface area contributed by atoms with Gasteiger partial charge < -0.3 is 41.2 Å².